The zero-order valence-electron chi connectivity index (χ0n) is 16.0. The molecule has 1 aromatic carbocycles. The van der Waals surface area contributed by atoms with Crippen LogP contribution in [-0.4, -0.2) is 52.7 Å². The maximum atomic E-state index is 12.8. The van der Waals surface area contributed by atoms with Gasteiger partial charge in [0.05, 0.1) is 12.2 Å². The summed E-state index contributed by atoms with van der Waals surface area (Å²) in [5.41, 5.74) is 1.04. The minimum atomic E-state index is -0.197. The van der Waals surface area contributed by atoms with Crippen molar-refractivity contribution < 1.29 is 14.3 Å². The summed E-state index contributed by atoms with van der Waals surface area (Å²) < 4.78 is 7.40. The summed E-state index contributed by atoms with van der Waals surface area (Å²) in [5.74, 6) is 0.316. The SMILES string of the molecule is Cn1nccc1C(=O)N1CCCCNC(=O)c2cc(Cl)ccc2OCCCC1. The van der Waals surface area contributed by atoms with Crippen molar-refractivity contribution in [2.75, 3.05) is 26.2 Å². The number of nitrogens with one attached hydrogen (secondary N) is 1. The monoisotopic (exact) mass is 404 g/mol. The van der Waals surface area contributed by atoms with Crippen molar-refractivity contribution in [3.05, 3.63) is 46.7 Å². The first-order valence-electron chi connectivity index (χ1n) is 9.54. The smallest absolute Gasteiger partial charge is 0.272 e. The first kappa shape index (κ1) is 20.2. The van der Waals surface area contributed by atoms with Crippen LogP contribution in [0.3, 0.4) is 0 Å². The highest BCUT2D eigenvalue weighted by molar-refractivity contribution is 6.31. The molecule has 0 saturated heterocycles. The standard InChI is InChI=1S/C20H25ClN4O3/c1-24-17(8-10-23-24)20(27)25-11-3-2-9-22-19(26)16-14-15(21)6-7-18(16)28-13-5-4-12-25/h6-8,10,14H,2-5,9,11-13H2,1H3,(H,22,26). The number of benzene rings is 1. The van der Waals surface area contributed by atoms with Crippen molar-refractivity contribution in [2.45, 2.75) is 25.7 Å². The molecule has 3 rings (SSSR count). The van der Waals surface area contributed by atoms with Crippen molar-refractivity contribution in [2.24, 2.45) is 7.05 Å². The second-order valence-corrected chi connectivity index (χ2v) is 7.23. The summed E-state index contributed by atoms with van der Waals surface area (Å²) in [4.78, 5) is 27.1. The van der Waals surface area contributed by atoms with Gasteiger partial charge in [0, 0.05) is 37.9 Å². The third kappa shape index (κ3) is 5.04. The van der Waals surface area contributed by atoms with Gasteiger partial charge in [-0.1, -0.05) is 11.6 Å². The third-order valence-corrected chi connectivity index (χ3v) is 4.97. The van der Waals surface area contributed by atoms with Crippen LogP contribution in [0.5, 0.6) is 5.75 Å². The van der Waals surface area contributed by atoms with Crippen LogP contribution in [0.1, 0.15) is 46.5 Å². The fourth-order valence-electron chi connectivity index (χ4n) is 3.18. The van der Waals surface area contributed by atoms with Gasteiger partial charge in [-0.3, -0.25) is 14.3 Å². The number of fused-ring (bicyclic) bond motifs is 1. The number of amides is 2. The zero-order chi connectivity index (χ0) is 19.9. The van der Waals surface area contributed by atoms with Crippen molar-refractivity contribution in [1.82, 2.24) is 20.0 Å². The van der Waals surface area contributed by atoms with Gasteiger partial charge in [0.25, 0.3) is 11.8 Å². The topological polar surface area (TPSA) is 76.5 Å². The number of hydrogen-bond acceptors (Lipinski definition) is 4. The Balaban J connectivity index is 1.68. The van der Waals surface area contributed by atoms with Gasteiger partial charge in [-0.2, -0.15) is 5.10 Å². The second-order valence-electron chi connectivity index (χ2n) is 6.79. The third-order valence-electron chi connectivity index (χ3n) is 4.73. The van der Waals surface area contributed by atoms with Crippen LogP contribution in [-0.2, 0) is 7.05 Å². The lowest BCUT2D eigenvalue weighted by Crippen LogP contribution is -2.35. The first-order valence-corrected chi connectivity index (χ1v) is 9.92. The number of aryl methyl sites for hydroxylation is 1. The van der Waals surface area contributed by atoms with Gasteiger partial charge < -0.3 is 15.0 Å². The van der Waals surface area contributed by atoms with Crippen molar-refractivity contribution in [3.8, 4) is 5.75 Å². The van der Waals surface area contributed by atoms with E-state index in [0.29, 0.717) is 48.3 Å². The molecule has 0 spiro atoms. The highest BCUT2D eigenvalue weighted by Crippen LogP contribution is 2.23. The van der Waals surface area contributed by atoms with E-state index in [1.807, 2.05) is 4.90 Å². The van der Waals surface area contributed by atoms with Gasteiger partial charge in [0.1, 0.15) is 11.4 Å². The van der Waals surface area contributed by atoms with Crippen LogP contribution < -0.4 is 10.1 Å². The average Bonchev–Trinajstić information content (AvgIpc) is 3.11. The summed E-state index contributed by atoms with van der Waals surface area (Å²) >= 11 is 6.04. The van der Waals surface area contributed by atoms with E-state index >= 15 is 0 Å². The van der Waals surface area contributed by atoms with Gasteiger partial charge in [0.2, 0.25) is 0 Å². The Morgan fingerprint density at radius 3 is 2.71 bits per heavy atom. The Morgan fingerprint density at radius 1 is 1.18 bits per heavy atom. The minimum absolute atomic E-state index is 0.0166. The highest BCUT2D eigenvalue weighted by Gasteiger charge is 2.19. The second kappa shape index (κ2) is 9.59. The molecule has 2 amide bonds. The number of carbonyl (C=O) groups is 2. The summed E-state index contributed by atoms with van der Waals surface area (Å²) in [5, 5.41) is 7.49. The Bertz CT molecular complexity index is 837. The number of halogens is 1. The average molecular weight is 405 g/mol. The lowest BCUT2D eigenvalue weighted by atomic mass is 10.1. The fourth-order valence-corrected chi connectivity index (χ4v) is 3.35. The van der Waals surface area contributed by atoms with Gasteiger partial charge >= 0.3 is 0 Å². The van der Waals surface area contributed by atoms with E-state index in [-0.39, 0.29) is 11.8 Å². The minimum Gasteiger partial charge on any atom is -0.493 e. The molecule has 0 radical (unpaired) electrons. The number of aromatic nitrogens is 2. The Morgan fingerprint density at radius 2 is 1.96 bits per heavy atom. The van der Waals surface area contributed by atoms with Crippen molar-refractivity contribution >= 4 is 23.4 Å². The number of carbonyl (C=O) groups excluding carboxylic acids is 2. The summed E-state index contributed by atoms with van der Waals surface area (Å²) in [6.07, 6.45) is 4.81. The predicted octanol–water partition coefficient (Wildman–Crippen LogP) is 2.90. The molecule has 0 unspecified atom stereocenters. The fraction of sp³-hybridized carbons (Fsp3) is 0.450. The first-order chi connectivity index (χ1) is 13.6. The maximum Gasteiger partial charge on any atom is 0.272 e. The van der Waals surface area contributed by atoms with Crippen LogP contribution in [0.15, 0.2) is 30.5 Å². The van der Waals surface area contributed by atoms with Crippen LogP contribution in [0.2, 0.25) is 5.02 Å². The van der Waals surface area contributed by atoms with Crippen molar-refractivity contribution in [3.63, 3.8) is 0 Å². The molecule has 2 aromatic rings. The van der Waals surface area contributed by atoms with Crippen LogP contribution >= 0.6 is 11.6 Å². The van der Waals surface area contributed by atoms with Gasteiger partial charge in [-0.25, -0.2) is 0 Å². The Labute approximate surface area is 169 Å². The molecule has 0 aliphatic carbocycles. The van der Waals surface area contributed by atoms with E-state index in [2.05, 4.69) is 10.4 Å². The molecule has 0 atom stereocenters. The van der Waals surface area contributed by atoms with E-state index < -0.39 is 0 Å². The van der Waals surface area contributed by atoms with E-state index in [0.717, 1.165) is 25.7 Å². The molecule has 7 nitrogen and oxygen atoms in total. The van der Waals surface area contributed by atoms with E-state index in [9.17, 15) is 9.59 Å². The molecule has 2 heterocycles. The number of nitrogens with zero attached hydrogens (tertiary/aromatic N) is 3. The summed E-state index contributed by atoms with van der Waals surface area (Å²) in [7, 11) is 1.77. The van der Waals surface area contributed by atoms with Gasteiger partial charge in [-0.15, -0.1) is 0 Å². The molecule has 0 saturated carbocycles. The molecule has 0 fully saturated rings. The lowest BCUT2D eigenvalue weighted by Gasteiger charge is -2.23. The molecule has 8 heteroatoms. The maximum absolute atomic E-state index is 12.8. The number of ether oxygens (including phenoxy) is 1. The van der Waals surface area contributed by atoms with Crippen LogP contribution in [0.25, 0.3) is 0 Å². The van der Waals surface area contributed by atoms with Crippen LogP contribution in [0.4, 0.5) is 0 Å². The molecular formula is C20H25ClN4O3. The Kier molecular flexibility index (Phi) is 6.92. The molecule has 1 aliphatic heterocycles. The quantitative estimate of drug-likeness (QED) is 0.792. The molecular weight excluding hydrogens is 380 g/mol. The molecule has 28 heavy (non-hydrogen) atoms. The lowest BCUT2D eigenvalue weighted by molar-refractivity contribution is 0.0734. The van der Waals surface area contributed by atoms with Crippen molar-refractivity contribution in [1.29, 1.82) is 0 Å². The Hall–Kier alpha value is -2.54. The zero-order valence-corrected chi connectivity index (χ0v) is 16.7. The molecule has 150 valence electrons. The molecule has 1 aliphatic rings. The summed E-state index contributed by atoms with van der Waals surface area (Å²) in [6, 6.07) is 6.80. The molecule has 1 aromatic heterocycles. The number of rotatable bonds is 1. The predicted molar refractivity (Wildman–Crippen MR) is 107 cm³/mol. The molecule has 1 N–H and O–H groups in total. The number of hydrogen-bond donors (Lipinski definition) is 1. The van der Waals surface area contributed by atoms with E-state index in [1.165, 1.54) is 0 Å². The van der Waals surface area contributed by atoms with Gasteiger partial charge in [0.15, 0.2) is 0 Å². The van der Waals surface area contributed by atoms with Crippen LogP contribution in [0, 0.1) is 0 Å². The van der Waals surface area contributed by atoms with Gasteiger partial charge in [-0.05, 0) is 49.9 Å². The largest absolute Gasteiger partial charge is 0.493 e. The molecule has 0 bridgehead atoms. The van der Waals surface area contributed by atoms with E-state index in [4.69, 9.17) is 16.3 Å². The normalized spacial score (nSPS) is 16.5. The summed E-state index contributed by atoms with van der Waals surface area (Å²) in [6.45, 7) is 2.30. The highest BCUT2D eigenvalue weighted by atomic mass is 35.5. The van der Waals surface area contributed by atoms with E-state index in [1.54, 1.807) is 42.2 Å².